The van der Waals surface area contributed by atoms with Crippen molar-refractivity contribution < 1.29 is 14.0 Å². The molecule has 0 saturated carbocycles. The number of carbonyl (C=O) groups excluding carboxylic acids is 2. The number of pyridine rings is 1. The van der Waals surface area contributed by atoms with Crippen LogP contribution >= 0.6 is 0 Å². The van der Waals surface area contributed by atoms with Gasteiger partial charge in [-0.3, -0.25) is 14.6 Å². The molecule has 2 heterocycles. The Hall–Kier alpha value is -2.76. The average Bonchev–Trinajstić information content (AvgIpc) is 2.67. The maximum Gasteiger partial charge on any atom is 0.241 e. The van der Waals surface area contributed by atoms with Crippen molar-refractivity contribution >= 4 is 11.8 Å². The lowest BCUT2D eigenvalue weighted by Crippen LogP contribution is -2.44. The van der Waals surface area contributed by atoms with Crippen molar-refractivity contribution in [2.24, 2.45) is 0 Å². The number of aryl methyl sites for hydroxylation is 1. The molecule has 148 valence electrons. The minimum Gasteiger partial charge on any atom is -0.347 e. The summed E-state index contributed by atoms with van der Waals surface area (Å²) in [6.07, 6.45) is 2.37. The third-order valence-electron chi connectivity index (χ3n) is 5.07. The van der Waals surface area contributed by atoms with Gasteiger partial charge in [-0.2, -0.15) is 0 Å². The van der Waals surface area contributed by atoms with Gasteiger partial charge in [-0.05, 0) is 49.1 Å². The number of halogens is 1. The Morgan fingerprint density at radius 3 is 2.82 bits per heavy atom. The van der Waals surface area contributed by atoms with Crippen molar-refractivity contribution in [3.05, 3.63) is 64.7 Å². The molecule has 2 aromatic rings. The largest absolute Gasteiger partial charge is 0.347 e. The van der Waals surface area contributed by atoms with Crippen molar-refractivity contribution in [2.75, 3.05) is 19.6 Å². The molecular formula is C22H26FN3O2. The summed E-state index contributed by atoms with van der Waals surface area (Å²) in [6.45, 7) is 4.66. The molecule has 0 spiro atoms. The molecule has 1 saturated heterocycles. The summed E-state index contributed by atoms with van der Waals surface area (Å²) >= 11 is 0. The van der Waals surface area contributed by atoms with Gasteiger partial charge in [-0.1, -0.05) is 18.2 Å². The van der Waals surface area contributed by atoms with E-state index in [1.54, 1.807) is 17.0 Å². The maximum atomic E-state index is 14.0. The normalized spacial score (nSPS) is 16.7. The van der Waals surface area contributed by atoms with Gasteiger partial charge in [0, 0.05) is 43.7 Å². The summed E-state index contributed by atoms with van der Waals surface area (Å²) in [5.41, 5.74) is 3.53. The molecule has 1 aromatic heterocycles. The molecule has 3 rings (SSSR count). The molecule has 1 fully saturated rings. The predicted molar refractivity (Wildman–Crippen MR) is 105 cm³/mol. The lowest BCUT2D eigenvalue weighted by Gasteiger charge is -2.33. The standard InChI is InChI=1S/C22H26FN3O2/c1-15-10-17(11-18-6-3-4-8-20(18)23)12-21(25-15)19-7-5-9-26(14-19)22(28)13-24-16(2)27/h3-4,6,8,10,12,19H,5,7,9,11,13-14H2,1-2H3,(H,24,27)/t19-/m1/s1. The van der Waals surface area contributed by atoms with E-state index in [0.29, 0.717) is 25.1 Å². The zero-order valence-corrected chi connectivity index (χ0v) is 16.4. The van der Waals surface area contributed by atoms with Crippen LogP contribution in [0.15, 0.2) is 36.4 Å². The van der Waals surface area contributed by atoms with Gasteiger partial charge in [0.15, 0.2) is 0 Å². The van der Waals surface area contributed by atoms with Crippen molar-refractivity contribution in [1.29, 1.82) is 0 Å². The lowest BCUT2D eigenvalue weighted by molar-refractivity contribution is -0.133. The Balaban J connectivity index is 1.74. The van der Waals surface area contributed by atoms with Crippen LogP contribution in [0.4, 0.5) is 4.39 Å². The van der Waals surface area contributed by atoms with Crippen LogP contribution in [0, 0.1) is 12.7 Å². The third kappa shape index (κ3) is 5.15. The highest BCUT2D eigenvalue weighted by Crippen LogP contribution is 2.27. The Morgan fingerprint density at radius 2 is 2.07 bits per heavy atom. The lowest BCUT2D eigenvalue weighted by atomic mass is 9.92. The smallest absolute Gasteiger partial charge is 0.241 e. The van der Waals surface area contributed by atoms with Crippen LogP contribution in [-0.4, -0.2) is 41.3 Å². The van der Waals surface area contributed by atoms with E-state index in [2.05, 4.69) is 10.3 Å². The summed E-state index contributed by atoms with van der Waals surface area (Å²) in [4.78, 5) is 29.9. The van der Waals surface area contributed by atoms with E-state index < -0.39 is 0 Å². The van der Waals surface area contributed by atoms with E-state index in [-0.39, 0.29) is 30.1 Å². The number of nitrogens with one attached hydrogen (secondary N) is 1. The number of hydrogen-bond acceptors (Lipinski definition) is 3. The van der Waals surface area contributed by atoms with Crippen LogP contribution in [0.3, 0.4) is 0 Å². The first-order chi connectivity index (χ1) is 13.4. The molecule has 2 amide bonds. The van der Waals surface area contributed by atoms with Gasteiger partial charge in [0.25, 0.3) is 0 Å². The quantitative estimate of drug-likeness (QED) is 0.863. The number of aromatic nitrogens is 1. The number of hydrogen-bond donors (Lipinski definition) is 1. The predicted octanol–water partition coefficient (Wildman–Crippen LogP) is 2.96. The van der Waals surface area contributed by atoms with Crippen LogP contribution in [0.1, 0.15) is 48.2 Å². The summed E-state index contributed by atoms with van der Waals surface area (Å²) in [5, 5.41) is 2.57. The highest BCUT2D eigenvalue weighted by molar-refractivity contribution is 5.83. The van der Waals surface area contributed by atoms with Gasteiger partial charge in [0.1, 0.15) is 5.82 Å². The highest BCUT2D eigenvalue weighted by atomic mass is 19.1. The Morgan fingerprint density at radius 1 is 1.29 bits per heavy atom. The molecule has 0 unspecified atom stereocenters. The minimum absolute atomic E-state index is 0.0296. The molecule has 0 aliphatic carbocycles. The molecule has 6 heteroatoms. The van der Waals surface area contributed by atoms with Gasteiger partial charge in [-0.25, -0.2) is 4.39 Å². The molecule has 1 N–H and O–H groups in total. The van der Waals surface area contributed by atoms with Gasteiger partial charge < -0.3 is 10.2 Å². The summed E-state index contributed by atoms with van der Waals surface area (Å²) in [5.74, 6) is -0.334. The van der Waals surface area contributed by atoms with Crippen LogP contribution in [0.5, 0.6) is 0 Å². The average molecular weight is 383 g/mol. The fraction of sp³-hybridized carbons (Fsp3) is 0.409. The van der Waals surface area contributed by atoms with Gasteiger partial charge >= 0.3 is 0 Å². The Kier molecular flexibility index (Phi) is 6.39. The van der Waals surface area contributed by atoms with E-state index >= 15 is 0 Å². The van der Waals surface area contributed by atoms with Crippen molar-refractivity contribution in [2.45, 2.75) is 39.0 Å². The summed E-state index contributed by atoms with van der Waals surface area (Å²) in [6, 6.07) is 10.8. The minimum atomic E-state index is -0.208. The molecule has 1 aromatic carbocycles. The number of carbonyl (C=O) groups is 2. The van der Waals surface area contributed by atoms with E-state index in [1.165, 1.54) is 13.0 Å². The molecular weight excluding hydrogens is 357 g/mol. The molecule has 5 nitrogen and oxygen atoms in total. The second-order valence-corrected chi connectivity index (χ2v) is 7.40. The number of piperidine rings is 1. The zero-order valence-electron chi connectivity index (χ0n) is 16.4. The second kappa shape index (κ2) is 8.95. The molecule has 1 aliphatic heterocycles. The first-order valence-electron chi connectivity index (χ1n) is 9.65. The van der Waals surface area contributed by atoms with Crippen molar-refractivity contribution in [3.8, 4) is 0 Å². The van der Waals surface area contributed by atoms with Gasteiger partial charge in [0.2, 0.25) is 11.8 Å². The summed E-state index contributed by atoms with van der Waals surface area (Å²) in [7, 11) is 0. The Labute approximate surface area is 165 Å². The van der Waals surface area contributed by atoms with Crippen molar-refractivity contribution in [3.63, 3.8) is 0 Å². The van der Waals surface area contributed by atoms with Crippen LogP contribution in [0.25, 0.3) is 0 Å². The summed E-state index contributed by atoms with van der Waals surface area (Å²) < 4.78 is 14.0. The molecule has 1 atom stereocenters. The number of likely N-dealkylation sites (tertiary alicyclic amines) is 1. The molecule has 28 heavy (non-hydrogen) atoms. The van der Waals surface area contributed by atoms with Crippen LogP contribution in [-0.2, 0) is 16.0 Å². The first-order valence-corrected chi connectivity index (χ1v) is 9.65. The van der Waals surface area contributed by atoms with E-state index in [0.717, 1.165) is 29.8 Å². The zero-order chi connectivity index (χ0) is 20.1. The van der Waals surface area contributed by atoms with E-state index in [4.69, 9.17) is 0 Å². The van der Waals surface area contributed by atoms with Crippen LogP contribution in [0.2, 0.25) is 0 Å². The molecule has 0 bridgehead atoms. The topological polar surface area (TPSA) is 62.3 Å². The second-order valence-electron chi connectivity index (χ2n) is 7.40. The third-order valence-corrected chi connectivity index (χ3v) is 5.07. The first kappa shape index (κ1) is 20.0. The highest BCUT2D eigenvalue weighted by Gasteiger charge is 2.26. The number of nitrogens with zero attached hydrogens (tertiary/aromatic N) is 2. The van der Waals surface area contributed by atoms with E-state index in [9.17, 15) is 14.0 Å². The number of amides is 2. The maximum absolute atomic E-state index is 14.0. The van der Waals surface area contributed by atoms with Gasteiger partial charge in [-0.15, -0.1) is 0 Å². The Bertz CT molecular complexity index is 869. The number of benzene rings is 1. The SMILES string of the molecule is CC(=O)NCC(=O)N1CCC[C@@H](c2cc(Cc3ccccc3F)cc(C)n2)C1. The van der Waals surface area contributed by atoms with Crippen LogP contribution < -0.4 is 5.32 Å². The fourth-order valence-electron chi connectivity index (χ4n) is 3.70. The number of rotatable bonds is 5. The molecule has 1 aliphatic rings. The van der Waals surface area contributed by atoms with Gasteiger partial charge in [0.05, 0.1) is 6.54 Å². The van der Waals surface area contributed by atoms with E-state index in [1.807, 2.05) is 25.1 Å². The monoisotopic (exact) mass is 383 g/mol. The fourth-order valence-corrected chi connectivity index (χ4v) is 3.70. The van der Waals surface area contributed by atoms with Crippen molar-refractivity contribution in [1.82, 2.24) is 15.2 Å². The molecule has 0 radical (unpaired) electrons.